The zero-order chi connectivity index (χ0) is 21.0. The van der Waals surface area contributed by atoms with Crippen LogP contribution in [0.4, 0.5) is 0 Å². The molecule has 0 aliphatic carbocycles. The normalized spacial score (nSPS) is 17.3. The third-order valence-electron chi connectivity index (χ3n) is 6.02. The maximum Gasteiger partial charge on any atom is 0.328 e. The van der Waals surface area contributed by atoms with Crippen molar-refractivity contribution in [2.24, 2.45) is 5.41 Å². The van der Waals surface area contributed by atoms with E-state index in [9.17, 15) is 14.4 Å². The predicted molar refractivity (Wildman–Crippen MR) is 111 cm³/mol. The maximum atomic E-state index is 12.8. The van der Waals surface area contributed by atoms with E-state index < -0.39 is 29.1 Å². The topological polar surface area (TPSA) is 79.5 Å². The highest BCUT2D eigenvalue weighted by molar-refractivity contribution is 6.38. The number of benzene rings is 1. The second-order valence-corrected chi connectivity index (χ2v) is 8.35. The molecule has 1 amide bonds. The Morgan fingerprint density at radius 1 is 1.21 bits per heavy atom. The summed E-state index contributed by atoms with van der Waals surface area (Å²) in [5.41, 5.74) is 1.41. The number of nitrogens with zero attached hydrogens (tertiary/aromatic N) is 1. The van der Waals surface area contributed by atoms with Crippen LogP contribution in [0.5, 0.6) is 0 Å². The van der Waals surface area contributed by atoms with Crippen molar-refractivity contribution in [2.45, 2.75) is 58.9 Å². The monoisotopic (exact) mass is 398 g/mol. The molecule has 1 saturated heterocycles. The molecule has 6 heteroatoms. The van der Waals surface area contributed by atoms with E-state index in [0.717, 1.165) is 29.3 Å². The molecule has 3 rings (SSSR count). The number of rotatable bonds is 7. The summed E-state index contributed by atoms with van der Waals surface area (Å²) in [4.78, 5) is 42.8. The molecule has 1 fully saturated rings. The summed E-state index contributed by atoms with van der Waals surface area (Å²) in [6, 6.07) is 7.32. The number of aromatic amines is 1. The predicted octanol–water partition coefficient (Wildman–Crippen LogP) is 3.64. The largest absolute Gasteiger partial charge is 0.464 e. The Bertz CT molecular complexity index is 899. The molecule has 156 valence electrons. The Hall–Kier alpha value is -2.63. The molecular weight excluding hydrogens is 368 g/mol. The number of para-hydroxylation sites is 1. The second kappa shape index (κ2) is 8.80. The number of H-pyrrole nitrogens is 1. The Morgan fingerprint density at radius 3 is 2.72 bits per heavy atom. The first-order valence-corrected chi connectivity index (χ1v) is 10.4. The van der Waals surface area contributed by atoms with Gasteiger partial charge in [-0.25, -0.2) is 4.79 Å². The van der Waals surface area contributed by atoms with Gasteiger partial charge < -0.3 is 14.6 Å². The smallest absolute Gasteiger partial charge is 0.328 e. The lowest BCUT2D eigenvalue weighted by Crippen LogP contribution is -2.53. The summed E-state index contributed by atoms with van der Waals surface area (Å²) < 4.78 is 5.52. The number of carbonyl (C=O) groups is 3. The molecule has 1 aliphatic heterocycles. The number of amides is 1. The summed E-state index contributed by atoms with van der Waals surface area (Å²) >= 11 is 0. The lowest BCUT2D eigenvalue weighted by molar-refractivity contribution is -0.160. The van der Waals surface area contributed by atoms with Crippen molar-refractivity contribution in [3.8, 4) is 0 Å². The van der Waals surface area contributed by atoms with Crippen LogP contribution >= 0.6 is 0 Å². The van der Waals surface area contributed by atoms with Gasteiger partial charge in [0, 0.05) is 35.5 Å². The van der Waals surface area contributed by atoms with Crippen LogP contribution in [0, 0.1) is 5.41 Å². The lowest BCUT2D eigenvalue weighted by Gasteiger charge is -2.35. The van der Waals surface area contributed by atoms with Crippen LogP contribution in [0.25, 0.3) is 10.9 Å². The van der Waals surface area contributed by atoms with Crippen molar-refractivity contribution < 1.29 is 19.1 Å². The van der Waals surface area contributed by atoms with Gasteiger partial charge in [-0.3, -0.25) is 9.59 Å². The van der Waals surface area contributed by atoms with Gasteiger partial charge in [0.1, 0.15) is 6.04 Å². The van der Waals surface area contributed by atoms with Crippen molar-refractivity contribution in [1.29, 1.82) is 0 Å². The van der Waals surface area contributed by atoms with Crippen LogP contribution < -0.4 is 0 Å². The fourth-order valence-electron chi connectivity index (χ4n) is 3.70. The van der Waals surface area contributed by atoms with Gasteiger partial charge >= 0.3 is 5.97 Å². The fraction of sp³-hybridized carbons (Fsp3) is 0.522. The zero-order valence-corrected chi connectivity index (χ0v) is 17.5. The van der Waals surface area contributed by atoms with Crippen molar-refractivity contribution in [2.75, 3.05) is 13.2 Å². The van der Waals surface area contributed by atoms with E-state index in [-0.39, 0.29) is 6.61 Å². The molecule has 29 heavy (non-hydrogen) atoms. The van der Waals surface area contributed by atoms with Crippen molar-refractivity contribution in [3.05, 3.63) is 36.0 Å². The van der Waals surface area contributed by atoms with Crippen LogP contribution in [0.15, 0.2) is 30.5 Å². The van der Waals surface area contributed by atoms with Crippen LogP contribution in [-0.4, -0.2) is 46.7 Å². The Kier molecular flexibility index (Phi) is 6.40. The number of hydrogen-bond acceptors (Lipinski definition) is 4. The number of aromatic nitrogens is 1. The van der Waals surface area contributed by atoms with Crippen molar-refractivity contribution >= 4 is 28.6 Å². The molecule has 0 radical (unpaired) electrons. The molecule has 1 atom stereocenters. The third-order valence-corrected chi connectivity index (χ3v) is 6.02. The van der Waals surface area contributed by atoms with Crippen LogP contribution in [-0.2, 0) is 25.5 Å². The maximum absolute atomic E-state index is 12.8. The number of Topliss-reactive ketones (excluding diaryl/α,β-unsaturated/α-hetero) is 1. The Labute approximate surface area is 171 Å². The number of likely N-dealkylation sites (tertiary alicyclic amines) is 1. The van der Waals surface area contributed by atoms with E-state index in [1.807, 2.05) is 37.4 Å². The summed E-state index contributed by atoms with van der Waals surface area (Å²) in [5, 5.41) is 1.12. The van der Waals surface area contributed by atoms with E-state index in [0.29, 0.717) is 25.8 Å². The Balaban J connectivity index is 1.62. The van der Waals surface area contributed by atoms with Crippen molar-refractivity contribution in [3.63, 3.8) is 0 Å². The molecular formula is C23H30N2O4. The van der Waals surface area contributed by atoms with E-state index in [2.05, 4.69) is 4.98 Å². The average molecular weight is 399 g/mol. The molecule has 6 nitrogen and oxygen atoms in total. The lowest BCUT2D eigenvalue weighted by atomic mass is 9.84. The van der Waals surface area contributed by atoms with E-state index >= 15 is 0 Å². The Morgan fingerprint density at radius 2 is 1.97 bits per heavy atom. The van der Waals surface area contributed by atoms with Crippen LogP contribution in [0.2, 0.25) is 0 Å². The highest BCUT2D eigenvalue weighted by Gasteiger charge is 2.40. The molecule has 0 spiro atoms. The molecule has 0 bridgehead atoms. The second-order valence-electron chi connectivity index (χ2n) is 8.35. The minimum atomic E-state index is -0.724. The fourth-order valence-corrected chi connectivity index (χ4v) is 3.70. The molecule has 2 aromatic rings. The summed E-state index contributed by atoms with van der Waals surface area (Å²) in [6.07, 6.45) is 5.28. The van der Waals surface area contributed by atoms with Crippen LogP contribution in [0.3, 0.4) is 0 Å². The average Bonchev–Trinajstić information content (AvgIpc) is 3.15. The molecule has 1 aromatic carbocycles. The number of nitrogens with one attached hydrogen (secondary N) is 1. The van der Waals surface area contributed by atoms with E-state index in [1.165, 1.54) is 4.90 Å². The minimum Gasteiger partial charge on any atom is -0.464 e. The number of hydrogen-bond donors (Lipinski definition) is 1. The van der Waals surface area contributed by atoms with E-state index in [1.54, 1.807) is 13.8 Å². The third kappa shape index (κ3) is 4.52. The SMILES string of the molecule is CCC(C)(C)C(=O)C(=O)N1CCCCC1C(=O)OCCc1c[nH]c2ccccc12. The number of piperidine rings is 1. The van der Waals surface area contributed by atoms with E-state index in [4.69, 9.17) is 4.74 Å². The molecule has 1 unspecified atom stereocenters. The van der Waals surface area contributed by atoms with Gasteiger partial charge in [-0.05, 0) is 37.3 Å². The first-order chi connectivity index (χ1) is 13.8. The highest BCUT2D eigenvalue weighted by atomic mass is 16.5. The van der Waals surface area contributed by atoms with Crippen molar-refractivity contribution in [1.82, 2.24) is 9.88 Å². The summed E-state index contributed by atoms with van der Waals surface area (Å²) in [6.45, 7) is 6.09. The molecule has 2 heterocycles. The molecule has 1 aliphatic rings. The van der Waals surface area contributed by atoms with Gasteiger partial charge in [-0.2, -0.15) is 0 Å². The zero-order valence-electron chi connectivity index (χ0n) is 17.5. The molecule has 1 N–H and O–H groups in total. The highest BCUT2D eigenvalue weighted by Crippen LogP contribution is 2.26. The first-order valence-electron chi connectivity index (χ1n) is 10.4. The van der Waals surface area contributed by atoms with Gasteiger partial charge in [-0.15, -0.1) is 0 Å². The summed E-state index contributed by atoms with van der Waals surface area (Å²) in [5.74, 6) is -1.41. The standard InChI is InChI=1S/C23H30N2O4/c1-4-23(2,3)20(26)21(27)25-13-8-7-11-19(25)22(28)29-14-12-16-15-24-18-10-6-5-9-17(16)18/h5-6,9-10,15,19,24H,4,7-8,11-14H2,1-3H3. The van der Waals surface area contributed by atoms with Gasteiger partial charge in [0.2, 0.25) is 5.78 Å². The van der Waals surface area contributed by atoms with Crippen LogP contribution in [0.1, 0.15) is 52.0 Å². The number of ether oxygens (including phenoxy) is 1. The van der Waals surface area contributed by atoms with Gasteiger partial charge in [-0.1, -0.05) is 39.0 Å². The molecule has 0 saturated carbocycles. The summed E-state index contributed by atoms with van der Waals surface area (Å²) in [7, 11) is 0. The first kappa shape index (κ1) is 21.1. The number of fused-ring (bicyclic) bond motifs is 1. The quantitative estimate of drug-likeness (QED) is 0.570. The van der Waals surface area contributed by atoms with Gasteiger partial charge in [0.05, 0.1) is 6.61 Å². The number of carbonyl (C=O) groups excluding carboxylic acids is 3. The minimum absolute atomic E-state index is 0.244. The van der Waals surface area contributed by atoms with Gasteiger partial charge in [0.15, 0.2) is 0 Å². The molecule has 1 aromatic heterocycles. The number of esters is 1. The van der Waals surface area contributed by atoms with Gasteiger partial charge in [0.25, 0.3) is 5.91 Å². The number of ketones is 1.